The Bertz CT molecular complexity index is 1270. The largest absolute Gasteiger partial charge is 0.394 e. The Labute approximate surface area is 185 Å². The van der Waals surface area contributed by atoms with Crippen molar-refractivity contribution in [1.29, 1.82) is 0 Å². The minimum Gasteiger partial charge on any atom is -0.394 e. The van der Waals surface area contributed by atoms with Crippen molar-refractivity contribution in [3.05, 3.63) is 101 Å². The summed E-state index contributed by atoms with van der Waals surface area (Å²) in [6, 6.07) is 23.1. The number of hydrogen-bond donors (Lipinski definition) is 2. The topological polar surface area (TPSA) is 69.2 Å². The Kier molecular flexibility index (Phi) is 5.29. The first kappa shape index (κ1) is 20.2. The van der Waals surface area contributed by atoms with Crippen LogP contribution in [0.15, 0.2) is 78.9 Å². The lowest BCUT2D eigenvalue weighted by Crippen LogP contribution is -2.46. The minimum atomic E-state index is -0.300. The highest BCUT2D eigenvalue weighted by Crippen LogP contribution is 2.30. The van der Waals surface area contributed by atoms with Crippen molar-refractivity contribution < 1.29 is 14.3 Å². The first-order valence-electron chi connectivity index (χ1n) is 10.5. The van der Waals surface area contributed by atoms with Gasteiger partial charge in [-0.3, -0.25) is 9.89 Å². The zero-order valence-corrected chi connectivity index (χ0v) is 17.3. The van der Waals surface area contributed by atoms with Gasteiger partial charge in [0.05, 0.1) is 24.0 Å². The smallest absolute Gasteiger partial charge is 0.255 e. The zero-order chi connectivity index (χ0) is 22.1. The summed E-state index contributed by atoms with van der Waals surface area (Å²) in [6.07, 6.45) is 0.623. The van der Waals surface area contributed by atoms with Crippen LogP contribution in [0.25, 0.3) is 22.5 Å². The van der Waals surface area contributed by atoms with Crippen molar-refractivity contribution in [2.75, 3.05) is 6.61 Å². The first-order valence-corrected chi connectivity index (χ1v) is 10.5. The maximum atomic E-state index is 13.6. The van der Waals surface area contributed by atoms with E-state index in [1.807, 2.05) is 42.5 Å². The van der Waals surface area contributed by atoms with Crippen molar-refractivity contribution in [3.8, 4) is 22.5 Å². The van der Waals surface area contributed by atoms with Crippen LogP contribution in [-0.2, 0) is 13.0 Å². The molecule has 2 N–H and O–H groups in total. The molecule has 1 atom stereocenters. The molecule has 0 spiro atoms. The molecule has 160 valence electrons. The highest BCUT2D eigenvalue weighted by atomic mass is 19.1. The molecular formula is C26H22FN3O2. The molecular weight excluding hydrogens is 405 g/mol. The summed E-state index contributed by atoms with van der Waals surface area (Å²) in [6.45, 7) is 0.356. The van der Waals surface area contributed by atoms with Crippen molar-refractivity contribution in [1.82, 2.24) is 15.1 Å². The van der Waals surface area contributed by atoms with Gasteiger partial charge >= 0.3 is 0 Å². The molecule has 1 aromatic heterocycles. The number of hydrogen-bond acceptors (Lipinski definition) is 3. The fourth-order valence-electron chi connectivity index (χ4n) is 4.27. The van der Waals surface area contributed by atoms with Crippen LogP contribution in [0.4, 0.5) is 4.39 Å². The van der Waals surface area contributed by atoms with Crippen LogP contribution in [0.1, 0.15) is 21.5 Å². The number of rotatable bonds is 4. The molecule has 0 fully saturated rings. The number of fused-ring (bicyclic) bond motifs is 1. The summed E-state index contributed by atoms with van der Waals surface area (Å²) >= 11 is 0. The van der Waals surface area contributed by atoms with Gasteiger partial charge in [-0.05, 0) is 59.5 Å². The first-order chi connectivity index (χ1) is 15.6. The number of nitrogens with zero attached hydrogens (tertiary/aromatic N) is 2. The minimum absolute atomic E-state index is 0.0979. The van der Waals surface area contributed by atoms with Gasteiger partial charge < -0.3 is 10.0 Å². The van der Waals surface area contributed by atoms with Gasteiger partial charge in [0.25, 0.3) is 5.91 Å². The van der Waals surface area contributed by atoms with Crippen molar-refractivity contribution >= 4 is 5.91 Å². The lowest BCUT2D eigenvalue weighted by molar-refractivity contribution is 0.0545. The summed E-state index contributed by atoms with van der Waals surface area (Å²) in [5.41, 5.74) is 5.68. The fourth-order valence-corrected chi connectivity index (χ4v) is 4.27. The monoisotopic (exact) mass is 427 g/mol. The Balaban J connectivity index is 1.49. The lowest BCUT2D eigenvalue weighted by Gasteiger charge is -2.36. The fraction of sp³-hybridized carbons (Fsp3) is 0.154. The van der Waals surface area contributed by atoms with E-state index in [-0.39, 0.29) is 24.4 Å². The predicted octanol–water partition coefficient (Wildman–Crippen LogP) is 4.44. The highest BCUT2D eigenvalue weighted by molar-refractivity contribution is 6.01. The van der Waals surface area contributed by atoms with E-state index in [0.29, 0.717) is 29.8 Å². The van der Waals surface area contributed by atoms with E-state index in [1.54, 1.807) is 23.1 Å². The van der Waals surface area contributed by atoms with Crippen LogP contribution in [0.2, 0.25) is 0 Å². The van der Waals surface area contributed by atoms with Crippen LogP contribution in [0.5, 0.6) is 0 Å². The quantitative estimate of drug-likeness (QED) is 0.506. The highest BCUT2D eigenvalue weighted by Gasteiger charge is 2.31. The average molecular weight is 427 g/mol. The molecule has 1 amide bonds. The van der Waals surface area contributed by atoms with Gasteiger partial charge in [0.15, 0.2) is 0 Å². The van der Waals surface area contributed by atoms with Gasteiger partial charge in [0.1, 0.15) is 5.82 Å². The molecule has 3 aromatic carbocycles. The molecule has 32 heavy (non-hydrogen) atoms. The second-order valence-electron chi connectivity index (χ2n) is 7.96. The second kappa shape index (κ2) is 8.40. The number of H-pyrrole nitrogens is 1. The number of amides is 1. The SMILES string of the molecule is O=C(c1ccccc1-c1cc(-c2ccc(F)cc2)[nH]n1)N1Cc2ccccc2C[C@@H]1CO. The van der Waals surface area contributed by atoms with Gasteiger partial charge in [-0.15, -0.1) is 0 Å². The number of halogens is 1. The van der Waals surface area contributed by atoms with Gasteiger partial charge in [0, 0.05) is 17.7 Å². The lowest BCUT2D eigenvalue weighted by atomic mass is 9.93. The number of aromatic amines is 1. The third-order valence-corrected chi connectivity index (χ3v) is 5.99. The van der Waals surface area contributed by atoms with Crippen LogP contribution in [0, 0.1) is 5.82 Å². The number of carbonyl (C=O) groups excluding carboxylic acids is 1. The van der Waals surface area contributed by atoms with E-state index in [4.69, 9.17) is 0 Å². The number of aliphatic hydroxyl groups excluding tert-OH is 1. The van der Waals surface area contributed by atoms with Crippen molar-refractivity contribution in [3.63, 3.8) is 0 Å². The summed E-state index contributed by atoms with van der Waals surface area (Å²) in [7, 11) is 0. The average Bonchev–Trinajstić information content (AvgIpc) is 3.33. The molecule has 1 aliphatic heterocycles. The molecule has 4 aromatic rings. The summed E-state index contributed by atoms with van der Waals surface area (Å²) < 4.78 is 13.3. The molecule has 0 radical (unpaired) electrons. The summed E-state index contributed by atoms with van der Waals surface area (Å²) in [5, 5.41) is 17.4. The molecule has 6 heteroatoms. The van der Waals surface area contributed by atoms with Crippen LogP contribution >= 0.6 is 0 Å². The summed E-state index contributed by atoms with van der Waals surface area (Å²) in [5.74, 6) is -0.438. The van der Waals surface area contributed by atoms with E-state index in [2.05, 4.69) is 16.3 Å². The number of aliphatic hydroxyl groups is 1. The van der Waals surface area contributed by atoms with E-state index in [0.717, 1.165) is 16.8 Å². The van der Waals surface area contributed by atoms with E-state index >= 15 is 0 Å². The van der Waals surface area contributed by atoms with Crippen LogP contribution in [-0.4, -0.2) is 38.8 Å². The van der Waals surface area contributed by atoms with E-state index in [1.165, 1.54) is 17.7 Å². The maximum Gasteiger partial charge on any atom is 0.255 e. The number of aromatic nitrogens is 2. The molecule has 0 saturated heterocycles. The van der Waals surface area contributed by atoms with Crippen LogP contribution in [0.3, 0.4) is 0 Å². The molecule has 5 rings (SSSR count). The molecule has 0 saturated carbocycles. The molecule has 5 nitrogen and oxygen atoms in total. The predicted molar refractivity (Wildman–Crippen MR) is 120 cm³/mol. The Hall–Kier alpha value is -3.77. The Morgan fingerprint density at radius 3 is 2.53 bits per heavy atom. The molecule has 0 bridgehead atoms. The Morgan fingerprint density at radius 2 is 1.75 bits per heavy atom. The standard InChI is InChI=1S/C26H22FN3O2/c27-20-11-9-17(10-12-20)24-14-25(29-28-24)22-7-3-4-8-23(22)26(32)30-15-19-6-2-1-5-18(19)13-21(30)16-31/h1-12,14,21,31H,13,15-16H2,(H,28,29)/t21-/m1/s1. The van der Waals surface area contributed by atoms with E-state index < -0.39 is 0 Å². The maximum absolute atomic E-state index is 13.6. The molecule has 0 aliphatic carbocycles. The Morgan fingerprint density at radius 1 is 1.03 bits per heavy atom. The zero-order valence-electron chi connectivity index (χ0n) is 17.3. The van der Waals surface area contributed by atoms with Gasteiger partial charge in [-0.2, -0.15) is 5.10 Å². The van der Waals surface area contributed by atoms with Crippen LogP contribution < -0.4 is 0 Å². The number of nitrogens with one attached hydrogen (secondary N) is 1. The summed E-state index contributed by atoms with van der Waals surface area (Å²) in [4.78, 5) is 15.4. The third-order valence-electron chi connectivity index (χ3n) is 5.99. The number of benzene rings is 3. The van der Waals surface area contributed by atoms with Gasteiger partial charge in [0.2, 0.25) is 0 Å². The second-order valence-corrected chi connectivity index (χ2v) is 7.96. The van der Waals surface area contributed by atoms with Crippen molar-refractivity contribution in [2.24, 2.45) is 0 Å². The van der Waals surface area contributed by atoms with Crippen molar-refractivity contribution in [2.45, 2.75) is 19.0 Å². The van der Waals surface area contributed by atoms with E-state index in [9.17, 15) is 14.3 Å². The molecule has 0 unspecified atom stereocenters. The third kappa shape index (κ3) is 3.69. The number of carbonyl (C=O) groups is 1. The molecule has 1 aliphatic rings. The normalized spacial score (nSPS) is 15.4. The van der Waals surface area contributed by atoms with Gasteiger partial charge in [-0.1, -0.05) is 42.5 Å². The molecule has 2 heterocycles. The van der Waals surface area contributed by atoms with Gasteiger partial charge in [-0.25, -0.2) is 4.39 Å².